The van der Waals surface area contributed by atoms with Crippen LogP contribution in [-0.4, -0.2) is 26.2 Å². The lowest BCUT2D eigenvalue weighted by Gasteiger charge is -2.20. The Morgan fingerprint density at radius 3 is 2.53 bits per heavy atom. The van der Waals surface area contributed by atoms with Crippen LogP contribution in [0.15, 0.2) is 11.4 Å². The molecule has 0 radical (unpaired) electrons. The molecular formula is C10H12O3S2. The van der Waals surface area contributed by atoms with Gasteiger partial charge in [0.15, 0.2) is 6.29 Å². The second-order valence-corrected chi connectivity index (χ2v) is 7.07. The topological polar surface area (TPSA) is 51.2 Å². The van der Waals surface area contributed by atoms with Gasteiger partial charge in [-0.25, -0.2) is 8.42 Å². The lowest BCUT2D eigenvalue weighted by atomic mass is 10.0. The molecule has 2 heterocycles. The number of carbonyl (C=O) groups is 1. The number of sulfone groups is 1. The molecule has 1 fully saturated rings. The predicted octanol–water partition coefficient (Wildman–Crippen LogP) is 1.85. The molecule has 2 rings (SSSR count). The van der Waals surface area contributed by atoms with Crippen molar-refractivity contribution in [1.82, 2.24) is 0 Å². The molecule has 5 heteroatoms. The van der Waals surface area contributed by atoms with Crippen molar-refractivity contribution in [3.63, 3.8) is 0 Å². The number of aldehydes is 1. The predicted molar refractivity (Wildman–Crippen MR) is 60.3 cm³/mol. The summed E-state index contributed by atoms with van der Waals surface area (Å²) in [5.74, 6) is 0.894. The van der Waals surface area contributed by atoms with Gasteiger partial charge in [0.25, 0.3) is 0 Å². The lowest BCUT2D eigenvalue weighted by molar-refractivity contribution is 0.112. The first-order valence-corrected chi connectivity index (χ1v) is 7.55. The summed E-state index contributed by atoms with van der Waals surface area (Å²) in [5.41, 5.74) is 0.698. The van der Waals surface area contributed by atoms with E-state index in [1.165, 1.54) is 0 Å². The van der Waals surface area contributed by atoms with E-state index in [0.29, 0.717) is 24.3 Å². The van der Waals surface area contributed by atoms with Crippen molar-refractivity contribution in [2.75, 3.05) is 11.5 Å². The molecule has 0 amide bonds. The van der Waals surface area contributed by atoms with Crippen LogP contribution in [0.3, 0.4) is 0 Å². The molecule has 0 unspecified atom stereocenters. The largest absolute Gasteiger partial charge is 0.298 e. The van der Waals surface area contributed by atoms with Gasteiger partial charge in [0.1, 0.15) is 9.84 Å². The van der Waals surface area contributed by atoms with E-state index in [4.69, 9.17) is 0 Å². The third-order valence-corrected chi connectivity index (χ3v) is 5.56. The average molecular weight is 244 g/mol. The highest BCUT2D eigenvalue weighted by molar-refractivity contribution is 7.91. The van der Waals surface area contributed by atoms with Gasteiger partial charge in [-0.3, -0.25) is 4.79 Å². The van der Waals surface area contributed by atoms with E-state index < -0.39 is 9.84 Å². The first-order chi connectivity index (χ1) is 7.11. The van der Waals surface area contributed by atoms with Gasteiger partial charge in [-0.1, -0.05) is 0 Å². The summed E-state index contributed by atoms with van der Waals surface area (Å²) >= 11 is 1.55. The van der Waals surface area contributed by atoms with Crippen molar-refractivity contribution in [2.45, 2.75) is 18.8 Å². The molecule has 0 N–H and O–H groups in total. The minimum absolute atomic E-state index is 0.284. The van der Waals surface area contributed by atoms with E-state index in [2.05, 4.69) is 0 Å². The second-order valence-electron chi connectivity index (χ2n) is 3.83. The lowest BCUT2D eigenvalue weighted by Crippen LogP contribution is -2.21. The van der Waals surface area contributed by atoms with Crippen molar-refractivity contribution in [2.24, 2.45) is 0 Å². The second kappa shape index (κ2) is 4.06. The van der Waals surface area contributed by atoms with Gasteiger partial charge in [-0.05, 0) is 24.8 Å². The minimum Gasteiger partial charge on any atom is -0.298 e. The maximum absolute atomic E-state index is 11.2. The van der Waals surface area contributed by atoms with E-state index in [0.717, 1.165) is 11.2 Å². The van der Waals surface area contributed by atoms with Crippen LogP contribution < -0.4 is 0 Å². The summed E-state index contributed by atoms with van der Waals surface area (Å²) < 4.78 is 22.5. The first-order valence-electron chi connectivity index (χ1n) is 4.85. The highest BCUT2D eigenvalue weighted by Gasteiger charge is 2.25. The Hall–Kier alpha value is -0.680. The Morgan fingerprint density at radius 1 is 1.33 bits per heavy atom. The standard InChI is InChI=1S/C10H12O3S2/c11-6-8-5-10(14-7-8)9-1-3-15(12,13)4-2-9/h5-7,9H,1-4H2. The van der Waals surface area contributed by atoms with Crippen LogP contribution in [0.2, 0.25) is 0 Å². The van der Waals surface area contributed by atoms with E-state index in [9.17, 15) is 13.2 Å². The summed E-state index contributed by atoms with van der Waals surface area (Å²) in [6.45, 7) is 0. The SMILES string of the molecule is O=Cc1csc(C2CCS(=O)(=O)CC2)c1. The Bertz CT molecular complexity index is 445. The molecule has 15 heavy (non-hydrogen) atoms. The molecule has 0 atom stereocenters. The molecular weight excluding hydrogens is 232 g/mol. The number of hydrogen-bond acceptors (Lipinski definition) is 4. The molecule has 0 aliphatic carbocycles. The molecule has 1 aromatic rings. The van der Waals surface area contributed by atoms with Gasteiger partial charge in [-0.15, -0.1) is 11.3 Å². The van der Waals surface area contributed by atoms with Crippen LogP contribution >= 0.6 is 11.3 Å². The van der Waals surface area contributed by atoms with Crippen LogP contribution in [-0.2, 0) is 9.84 Å². The fourth-order valence-corrected chi connectivity index (χ4v) is 4.34. The number of rotatable bonds is 2. The Labute approximate surface area is 93.0 Å². The molecule has 1 saturated heterocycles. The maximum atomic E-state index is 11.2. The van der Waals surface area contributed by atoms with Gasteiger partial charge in [0.05, 0.1) is 11.5 Å². The molecule has 0 aromatic carbocycles. The van der Waals surface area contributed by atoms with Crippen LogP contribution in [0.1, 0.15) is 34.0 Å². The van der Waals surface area contributed by atoms with Gasteiger partial charge >= 0.3 is 0 Å². The van der Waals surface area contributed by atoms with Gasteiger partial charge < -0.3 is 0 Å². The number of thiophene rings is 1. The van der Waals surface area contributed by atoms with E-state index in [1.54, 1.807) is 11.3 Å². The number of carbonyl (C=O) groups excluding carboxylic acids is 1. The van der Waals surface area contributed by atoms with Crippen molar-refractivity contribution < 1.29 is 13.2 Å². The number of hydrogen-bond donors (Lipinski definition) is 0. The fourth-order valence-electron chi connectivity index (χ4n) is 1.82. The zero-order chi connectivity index (χ0) is 10.9. The third kappa shape index (κ3) is 2.46. The maximum Gasteiger partial charge on any atom is 0.150 e. The third-order valence-electron chi connectivity index (χ3n) is 2.73. The summed E-state index contributed by atoms with van der Waals surface area (Å²) in [6.07, 6.45) is 2.22. The summed E-state index contributed by atoms with van der Waals surface area (Å²) in [6, 6.07) is 1.88. The zero-order valence-corrected chi connectivity index (χ0v) is 9.81. The van der Waals surface area contributed by atoms with Crippen molar-refractivity contribution in [1.29, 1.82) is 0 Å². The van der Waals surface area contributed by atoms with Crippen LogP contribution in [0.4, 0.5) is 0 Å². The highest BCUT2D eigenvalue weighted by Crippen LogP contribution is 2.32. The molecule has 1 aliphatic heterocycles. The first kappa shape index (κ1) is 10.8. The van der Waals surface area contributed by atoms with E-state index >= 15 is 0 Å². The fraction of sp³-hybridized carbons (Fsp3) is 0.500. The molecule has 0 spiro atoms. The summed E-state index contributed by atoms with van der Waals surface area (Å²) in [4.78, 5) is 11.7. The average Bonchev–Trinajstić information content (AvgIpc) is 2.66. The Balaban J connectivity index is 2.10. The van der Waals surface area contributed by atoms with Gasteiger partial charge in [0.2, 0.25) is 0 Å². The van der Waals surface area contributed by atoms with E-state index in [1.807, 2.05) is 11.4 Å². The summed E-state index contributed by atoms with van der Waals surface area (Å²) in [7, 11) is -2.79. The highest BCUT2D eigenvalue weighted by atomic mass is 32.2. The smallest absolute Gasteiger partial charge is 0.150 e. The molecule has 0 saturated carbocycles. The van der Waals surface area contributed by atoms with Crippen molar-refractivity contribution >= 4 is 27.5 Å². The summed E-state index contributed by atoms with van der Waals surface area (Å²) in [5, 5.41) is 1.82. The van der Waals surface area contributed by atoms with Crippen LogP contribution in [0.25, 0.3) is 0 Å². The van der Waals surface area contributed by atoms with Crippen LogP contribution in [0, 0.1) is 0 Å². The molecule has 3 nitrogen and oxygen atoms in total. The van der Waals surface area contributed by atoms with Gasteiger partial charge in [-0.2, -0.15) is 0 Å². The Kier molecular flexibility index (Phi) is 2.93. The van der Waals surface area contributed by atoms with Crippen LogP contribution in [0.5, 0.6) is 0 Å². The molecule has 0 bridgehead atoms. The minimum atomic E-state index is -2.79. The quantitative estimate of drug-likeness (QED) is 0.746. The zero-order valence-electron chi connectivity index (χ0n) is 8.18. The molecule has 1 aliphatic rings. The monoisotopic (exact) mass is 244 g/mol. The normalized spacial score (nSPS) is 21.3. The van der Waals surface area contributed by atoms with E-state index in [-0.39, 0.29) is 11.5 Å². The van der Waals surface area contributed by atoms with Crippen molar-refractivity contribution in [3.8, 4) is 0 Å². The molecule has 1 aromatic heterocycles. The molecule has 82 valence electrons. The van der Waals surface area contributed by atoms with Crippen molar-refractivity contribution in [3.05, 3.63) is 21.9 Å². The van der Waals surface area contributed by atoms with Gasteiger partial charge in [0, 0.05) is 15.8 Å². The Morgan fingerprint density at radius 2 is 2.00 bits per heavy atom.